The number of methoxy groups -OCH3 is 4. The third-order valence-electron chi connectivity index (χ3n) is 11.2. The molecule has 0 saturated carbocycles. The maximum Gasteiger partial charge on any atom is 0.205 e. The van der Waals surface area contributed by atoms with Crippen molar-refractivity contribution in [2.24, 2.45) is 0 Å². The van der Waals surface area contributed by atoms with Crippen molar-refractivity contribution in [2.45, 2.75) is 37.8 Å². The van der Waals surface area contributed by atoms with Crippen LogP contribution in [0.4, 0.5) is 4.39 Å². The van der Waals surface area contributed by atoms with Crippen LogP contribution in [0.5, 0.6) is 46.0 Å². The molecule has 2 atom stereocenters. The Morgan fingerprint density at radius 3 is 2.05 bits per heavy atom. The number of ether oxygens (including phenoxy) is 6. The van der Waals surface area contributed by atoms with Crippen molar-refractivity contribution in [3.05, 3.63) is 129 Å². The first-order valence-electron chi connectivity index (χ1n) is 18.6. The highest BCUT2D eigenvalue weighted by Gasteiger charge is 2.37. The van der Waals surface area contributed by atoms with Gasteiger partial charge in [0, 0.05) is 36.3 Å². The minimum absolute atomic E-state index is 0.104. The van der Waals surface area contributed by atoms with Crippen LogP contribution in [0.2, 0.25) is 0 Å². The fourth-order valence-corrected chi connectivity index (χ4v) is 8.21. The summed E-state index contributed by atoms with van der Waals surface area (Å²) in [4.78, 5) is 4.75. The number of benzene rings is 5. The summed E-state index contributed by atoms with van der Waals surface area (Å²) in [6, 6.07) is 24.8. The van der Waals surface area contributed by atoms with Gasteiger partial charge in [-0.25, -0.2) is 4.39 Å². The largest absolute Gasteiger partial charge is 0.493 e. The Labute approximate surface area is 322 Å². The van der Waals surface area contributed by atoms with Gasteiger partial charge in [0.2, 0.25) is 5.75 Å². The molecule has 0 unspecified atom stereocenters. The van der Waals surface area contributed by atoms with Crippen LogP contribution < -0.4 is 28.4 Å². The zero-order valence-electron chi connectivity index (χ0n) is 32.1. The summed E-state index contributed by atoms with van der Waals surface area (Å²) < 4.78 is 51.7. The molecule has 0 radical (unpaired) electrons. The van der Waals surface area contributed by atoms with Crippen LogP contribution in [-0.4, -0.2) is 65.4 Å². The molecule has 0 fully saturated rings. The molecule has 5 aromatic carbocycles. The van der Waals surface area contributed by atoms with Crippen molar-refractivity contribution in [1.29, 1.82) is 0 Å². The lowest BCUT2D eigenvalue weighted by molar-refractivity contribution is 0.220. The molecule has 6 bridgehead atoms. The number of hydrogen-bond acceptors (Lipinski definition) is 8. The van der Waals surface area contributed by atoms with Gasteiger partial charge in [-0.05, 0) is 128 Å². The van der Waals surface area contributed by atoms with E-state index in [1.807, 2.05) is 18.2 Å². The normalized spacial score (nSPS) is 17.7. The number of likely N-dealkylation sites (N-methyl/N-ethyl adjacent to an activating group) is 2. The summed E-state index contributed by atoms with van der Waals surface area (Å²) in [5.74, 6) is 11.1. The van der Waals surface area contributed by atoms with Gasteiger partial charge >= 0.3 is 0 Å². The molecule has 9 heteroatoms. The Hall–Kier alpha value is -5.69. The number of rotatable bonds is 4. The van der Waals surface area contributed by atoms with E-state index < -0.39 is 0 Å². The van der Waals surface area contributed by atoms with Gasteiger partial charge < -0.3 is 28.4 Å². The van der Waals surface area contributed by atoms with E-state index in [4.69, 9.17) is 28.4 Å². The van der Waals surface area contributed by atoms with Crippen LogP contribution in [0.15, 0.2) is 78.9 Å². The molecule has 282 valence electrons. The Kier molecular flexibility index (Phi) is 10.0. The first kappa shape index (κ1) is 36.3. The molecular weight excluding hydrogens is 696 g/mol. The Bertz CT molecular complexity index is 2300. The second-order valence-corrected chi connectivity index (χ2v) is 14.4. The van der Waals surface area contributed by atoms with Crippen LogP contribution in [0.1, 0.15) is 56.6 Å². The van der Waals surface area contributed by atoms with E-state index in [9.17, 15) is 4.39 Å². The summed E-state index contributed by atoms with van der Waals surface area (Å²) in [6.45, 7) is 1.69. The maximum atomic E-state index is 13.8. The Balaban J connectivity index is 1.39. The number of hydrogen-bond donors (Lipinski definition) is 0. The van der Waals surface area contributed by atoms with E-state index in [-0.39, 0.29) is 17.9 Å². The van der Waals surface area contributed by atoms with Crippen molar-refractivity contribution < 1.29 is 32.8 Å². The quantitative estimate of drug-likeness (QED) is 0.170. The lowest BCUT2D eigenvalue weighted by Gasteiger charge is -2.38. The van der Waals surface area contributed by atoms with E-state index in [0.717, 1.165) is 48.4 Å². The molecule has 0 N–H and O–H groups in total. The molecular formula is C46H45FN2O6. The average molecular weight is 741 g/mol. The van der Waals surface area contributed by atoms with Gasteiger partial charge in [-0.3, -0.25) is 9.80 Å². The number of nitrogens with zero attached hydrogens (tertiary/aromatic N) is 2. The number of halogens is 1. The van der Waals surface area contributed by atoms with E-state index in [1.54, 1.807) is 40.6 Å². The van der Waals surface area contributed by atoms with Crippen LogP contribution >= 0.6 is 0 Å². The molecule has 55 heavy (non-hydrogen) atoms. The third kappa shape index (κ3) is 6.93. The maximum absolute atomic E-state index is 13.8. The van der Waals surface area contributed by atoms with Gasteiger partial charge in [0.05, 0.1) is 34.0 Å². The van der Waals surface area contributed by atoms with Crippen LogP contribution in [0, 0.1) is 17.7 Å². The summed E-state index contributed by atoms with van der Waals surface area (Å²) >= 11 is 0. The van der Waals surface area contributed by atoms with Gasteiger partial charge in [0.1, 0.15) is 11.6 Å². The zero-order valence-corrected chi connectivity index (χ0v) is 32.1. The Morgan fingerprint density at radius 2 is 1.33 bits per heavy atom. The topological polar surface area (TPSA) is 61.9 Å². The van der Waals surface area contributed by atoms with Crippen molar-refractivity contribution >= 4 is 0 Å². The van der Waals surface area contributed by atoms with Crippen LogP contribution in [-0.2, 0) is 25.7 Å². The lowest BCUT2D eigenvalue weighted by atomic mass is 9.84. The first-order chi connectivity index (χ1) is 26.8. The highest BCUT2D eigenvalue weighted by atomic mass is 19.1. The fourth-order valence-electron chi connectivity index (χ4n) is 8.21. The SMILES string of the molecule is COc1ccc2cc1Oc1ccc(cc1)C[C@H]1c3cc(c(OC)cc3CCN1C)Oc1c(OC)c(OC)c(C#Cc3ccc(F)cc3)c3c1[C@H](C2)N(C)CC3. The zero-order chi connectivity index (χ0) is 38.2. The lowest BCUT2D eigenvalue weighted by Crippen LogP contribution is -2.34. The molecule has 4 heterocycles. The van der Waals surface area contributed by atoms with Gasteiger partial charge in [-0.1, -0.05) is 30.0 Å². The summed E-state index contributed by atoms with van der Waals surface area (Å²) in [5.41, 5.74) is 8.05. The molecule has 0 spiro atoms. The monoisotopic (exact) mass is 740 g/mol. The predicted octanol–water partition coefficient (Wildman–Crippen LogP) is 8.70. The standard InChI is InChI=1S/C46H45FN2O6/c1-48-21-19-31-26-40(51-4)42-27-36(31)37(48)23-29-9-15-33(16-10-29)54-41-25-30(12-18-39(41)50-3)24-38-43-34(20-22-49(38)2)35(17-11-28-7-13-32(47)14-8-28)44(52-5)46(53-6)45(43)55-42/h7-10,12-16,18,25-27,37-38H,19-24H2,1-6H3/t37-,38-/m0/s1. The second-order valence-electron chi connectivity index (χ2n) is 14.4. The third-order valence-corrected chi connectivity index (χ3v) is 11.2. The predicted molar refractivity (Wildman–Crippen MR) is 210 cm³/mol. The smallest absolute Gasteiger partial charge is 0.205 e. The Morgan fingerprint density at radius 1 is 0.655 bits per heavy atom. The van der Waals surface area contributed by atoms with Crippen LogP contribution in [0.25, 0.3) is 0 Å². The van der Waals surface area contributed by atoms with E-state index in [2.05, 4.69) is 72.1 Å². The summed E-state index contributed by atoms with van der Waals surface area (Å²) in [6.07, 6.45) is 3.00. The number of fused-ring (bicyclic) bond motifs is 2. The fraction of sp³-hybridized carbons (Fsp3) is 0.304. The van der Waals surface area contributed by atoms with Crippen LogP contribution in [0.3, 0.4) is 0 Å². The van der Waals surface area contributed by atoms with E-state index >= 15 is 0 Å². The molecule has 4 aliphatic heterocycles. The highest BCUT2D eigenvalue weighted by molar-refractivity contribution is 5.71. The molecule has 0 aliphatic carbocycles. The van der Waals surface area contributed by atoms with Crippen molar-refractivity contribution in [1.82, 2.24) is 9.80 Å². The summed E-state index contributed by atoms with van der Waals surface area (Å²) in [5, 5.41) is 0. The minimum atomic E-state index is -0.313. The van der Waals surface area contributed by atoms with Crippen molar-refractivity contribution in [2.75, 3.05) is 55.6 Å². The second kappa shape index (κ2) is 15.2. The molecule has 0 aromatic heterocycles. The van der Waals surface area contributed by atoms with Gasteiger partial charge in [-0.15, -0.1) is 0 Å². The molecule has 9 rings (SSSR count). The van der Waals surface area contributed by atoms with Crippen molar-refractivity contribution in [3.63, 3.8) is 0 Å². The average Bonchev–Trinajstić information content (AvgIpc) is 3.20. The molecule has 0 amide bonds. The first-order valence-corrected chi connectivity index (χ1v) is 18.6. The van der Waals surface area contributed by atoms with Gasteiger partial charge in [0.25, 0.3) is 0 Å². The molecule has 4 aliphatic rings. The minimum Gasteiger partial charge on any atom is -0.493 e. The summed E-state index contributed by atoms with van der Waals surface area (Å²) in [7, 11) is 10.9. The molecule has 0 saturated heterocycles. The van der Waals surface area contributed by atoms with Gasteiger partial charge in [0.15, 0.2) is 34.5 Å². The van der Waals surface area contributed by atoms with Crippen molar-refractivity contribution in [3.8, 4) is 57.8 Å². The molecule has 5 aromatic rings. The van der Waals surface area contributed by atoms with Gasteiger partial charge in [-0.2, -0.15) is 0 Å². The molecule has 8 nitrogen and oxygen atoms in total. The van der Waals surface area contributed by atoms with E-state index in [0.29, 0.717) is 64.2 Å². The van der Waals surface area contributed by atoms with E-state index in [1.165, 1.54) is 28.8 Å². The highest BCUT2D eigenvalue weighted by Crippen LogP contribution is 2.53.